The molecule has 6 heteroatoms. The van der Waals surface area contributed by atoms with Crippen LogP contribution in [-0.4, -0.2) is 43.1 Å². The number of likely N-dealkylation sites (tertiary alicyclic amines) is 1. The molecule has 2 fully saturated rings. The monoisotopic (exact) mass is 373 g/mol. The van der Waals surface area contributed by atoms with Crippen LogP contribution in [0.2, 0.25) is 0 Å². The van der Waals surface area contributed by atoms with E-state index in [2.05, 4.69) is 17.6 Å². The minimum Gasteiger partial charge on any atom is -0.497 e. The SMILES string of the molecule is COc1ccc(NC(=O)N2CCC(C(=O)NC3CCCCC3C)CC2)cc1. The van der Waals surface area contributed by atoms with Crippen molar-refractivity contribution in [3.8, 4) is 5.75 Å². The number of carbonyl (C=O) groups excluding carboxylic acids is 2. The Kier molecular flexibility index (Phi) is 6.58. The van der Waals surface area contributed by atoms with Crippen LogP contribution >= 0.6 is 0 Å². The molecule has 3 rings (SSSR count). The first kappa shape index (κ1) is 19.5. The van der Waals surface area contributed by atoms with Gasteiger partial charge in [0.1, 0.15) is 5.75 Å². The van der Waals surface area contributed by atoms with Crippen molar-refractivity contribution in [3.63, 3.8) is 0 Å². The van der Waals surface area contributed by atoms with E-state index < -0.39 is 0 Å². The molecule has 1 aliphatic carbocycles. The minimum absolute atomic E-state index is 0.0177. The van der Waals surface area contributed by atoms with Gasteiger partial charge >= 0.3 is 6.03 Å². The van der Waals surface area contributed by atoms with Crippen molar-refractivity contribution in [1.82, 2.24) is 10.2 Å². The highest BCUT2D eigenvalue weighted by Gasteiger charge is 2.30. The summed E-state index contributed by atoms with van der Waals surface area (Å²) in [6.07, 6.45) is 6.23. The Bertz CT molecular complexity index is 639. The number of amides is 3. The number of anilines is 1. The fourth-order valence-electron chi connectivity index (χ4n) is 4.05. The van der Waals surface area contributed by atoms with Gasteiger partial charge in [0.2, 0.25) is 5.91 Å². The van der Waals surface area contributed by atoms with Gasteiger partial charge < -0.3 is 20.3 Å². The zero-order valence-electron chi connectivity index (χ0n) is 16.4. The molecule has 2 unspecified atom stereocenters. The quantitative estimate of drug-likeness (QED) is 0.847. The minimum atomic E-state index is -0.111. The summed E-state index contributed by atoms with van der Waals surface area (Å²) in [5, 5.41) is 6.17. The summed E-state index contributed by atoms with van der Waals surface area (Å²) in [7, 11) is 1.61. The molecule has 0 bridgehead atoms. The van der Waals surface area contributed by atoms with Gasteiger partial charge in [0.25, 0.3) is 0 Å². The molecule has 3 amide bonds. The molecular weight excluding hydrogens is 342 g/mol. The number of nitrogens with one attached hydrogen (secondary N) is 2. The highest BCUT2D eigenvalue weighted by Crippen LogP contribution is 2.25. The Hall–Kier alpha value is -2.24. The van der Waals surface area contributed by atoms with Gasteiger partial charge in [0, 0.05) is 30.7 Å². The molecule has 27 heavy (non-hydrogen) atoms. The summed E-state index contributed by atoms with van der Waals surface area (Å²) in [6.45, 7) is 3.46. The van der Waals surface area contributed by atoms with Crippen LogP contribution < -0.4 is 15.4 Å². The Morgan fingerprint density at radius 3 is 2.33 bits per heavy atom. The second-order valence-electron chi connectivity index (χ2n) is 7.80. The van der Waals surface area contributed by atoms with Crippen LogP contribution in [0.1, 0.15) is 45.4 Å². The number of methoxy groups -OCH3 is 1. The van der Waals surface area contributed by atoms with E-state index in [0.29, 0.717) is 25.0 Å². The summed E-state index contributed by atoms with van der Waals surface area (Å²) >= 11 is 0. The smallest absolute Gasteiger partial charge is 0.321 e. The summed E-state index contributed by atoms with van der Waals surface area (Å²) < 4.78 is 5.12. The normalized spacial score (nSPS) is 23.6. The van der Waals surface area contributed by atoms with E-state index in [-0.39, 0.29) is 17.9 Å². The number of hydrogen-bond donors (Lipinski definition) is 2. The molecule has 0 aromatic heterocycles. The van der Waals surface area contributed by atoms with Gasteiger partial charge in [-0.3, -0.25) is 4.79 Å². The van der Waals surface area contributed by atoms with E-state index in [4.69, 9.17) is 4.74 Å². The number of nitrogens with zero attached hydrogens (tertiary/aromatic N) is 1. The van der Waals surface area contributed by atoms with E-state index in [1.54, 1.807) is 12.0 Å². The lowest BCUT2D eigenvalue weighted by molar-refractivity contribution is -0.127. The van der Waals surface area contributed by atoms with Crippen molar-refractivity contribution in [2.45, 2.75) is 51.5 Å². The maximum Gasteiger partial charge on any atom is 0.321 e. The van der Waals surface area contributed by atoms with Gasteiger partial charge in [-0.2, -0.15) is 0 Å². The van der Waals surface area contributed by atoms with Gasteiger partial charge in [0.15, 0.2) is 0 Å². The van der Waals surface area contributed by atoms with Crippen molar-refractivity contribution in [3.05, 3.63) is 24.3 Å². The third-order valence-corrected chi connectivity index (χ3v) is 5.93. The third-order valence-electron chi connectivity index (χ3n) is 5.93. The largest absolute Gasteiger partial charge is 0.497 e. The number of ether oxygens (including phenoxy) is 1. The standard InChI is InChI=1S/C21H31N3O3/c1-15-5-3-4-6-19(15)23-20(25)16-11-13-24(14-12-16)21(26)22-17-7-9-18(27-2)10-8-17/h7-10,15-16,19H,3-6,11-14H2,1-2H3,(H,22,26)(H,23,25). The van der Waals surface area contributed by atoms with Gasteiger partial charge in [-0.1, -0.05) is 19.8 Å². The molecule has 0 radical (unpaired) electrons. The first-order valence-electron chi connectivity index (χ1n) is 10.1. The lowest BCUT2D eigenvalue weighted by Gasteiger charge is -2.34. The highest BCUT2D eigenvalue weighted by atomic mass is 16.5. The van der Waals surface area contributed by atoms with E-state index in [9.17, 15) is 9.59 Å². The molecule has 1 saturated carbocycles. The van der Waals surface area contributed by atoms with Crippen LogP contribution in [0, 0.1) is 11.8 Å². The number of carbonyl (C=O) groups is 2. The van der Waals surface area contributed by atoms with E-state index in [1.165, 1.54) is 19.3 Å². The first-order chi connectivity index (χ1) is 13.1. The van der Waals surface area contributed by atoms with Gasteiger partial charge in [-0.05, 0) is 55.9 Å². The van der Waals surface area contributed by atoms with Crippen LogP contribution in [0.25, 0.3) is 0 Å². The third kappa shape index (κ3) is 5.15. The molecule has 1 aliphatic heterocycles. The lowest BCUT2D eigenvalue weighted by Crippen LogP contribution is -2.48. The van der Waals surface area contributed by atoms with Crippen molar-refractivity contribution in [2.24, 2.45) is 11.8 Å². The number of urea groups is 1. The van der Waals surface area contributed by atoms with Crippen LogP contribution in [0.4, 0.5) is 10.5 Å². The molecule has 148 valence electrons. The maximum absolute atomic E-state index is 12.6. The van der Waals surface area contributed by atoms with Crippen LogP contribution in [-0.2, 0) is 4.79 Å². The molecule has 0 spiro atoms. The van der Waals surface area contributed by atoms with Crippen molar-refractivity contribution < 1.29 is 14.3 Å². The lowest BCUT2D eigenvalue weighted by atomic mass is 9.85. The topological polar surface area (TPSA) is 70.7 Å². The molecule has 6 nitrogen and oxygen atoms in total. The molecule has 2 N–H and O–H groups in total. The second kappa shape index (κ2) is 9.11. The molecule has 2 atom stereocenters. The zero-order chi connectivity index (χ0) is 19.2. The number of hydrogen-bond acceptors (Lipinski definition) is 3. The van der Waals surface area contributed by atoms with Gasteiger partial charge in [-0.25, -0.2) is 4.79 Å². The average molecular weight is 373 g/mol. The van der Waals surface area contributed by atoms with Gasteiger partial charge in [0.05, 0.1) is 7.11 Å². The molecule has 1 saturated heterocycles. The Morgan fingerprint density at radius 1 is 1.04 bits per heavy atom. The summed E-state index contributed by atoms with van der Waals surface area (Å²) in [5.41, 5.74) is 0.743. The first-order valence-corrected chi connectivity index (χ1v) is 10.1. The summed E-state index contributed by atoms with van der Waals surface area (Å²) in [5.74, 6) is 1.51. The summed E-state index contributed by atoms with van der Waals surface area (Å²) in [6, 6.07) is 7.49. The molecule has 1 aromatic carbocycles. The maximum atomic E-state index is 12.6. The number of rotatable bonds is 4. The number of piperidine rings is 1. The molecular formula is C21H31N3O3. The summed E-state index contributed by atoms with van der Waals surface area (Å²) in [4.78, 5) is 26.8. The molecule has 2 aliphatic rings. The number of benzene rings is 1. The van der Waals surface area contributed by atoms with E-state index in [0.717, 1.165) is 30.7 Å². The van der Waals surface area contributed by atoms with E-state index >= 15 is 0 Å². The predicted molar refractivity (Wildman–Crippen MR) is 106 cm³/mol. The Morgan fingerprint density at radius 2 is 1.70 bits per heavy atom. The zero-order valence-corrected chi connectivity index (χ0v) is 16.4. The van der Waals surface area contributed by atoms with Crippen molar-refractivity contribution >= 4 is 17.6 Å². The molecule has 1 heterocycles. The van der Waals surface area contributed by atoms with Crippen LogP contribution in [0.3, 0.4) is 0 Å². The van der Waals surface area contributed by atoms with Gasteiger partial charge in [-0.15, -0.1) is 0 Å². The van der Waals surface area contributed by atoms with Crippen LogP contribution in [0.5, 0.6) is 5.75 Å². The Balaban J connectivity index is 1.44. The van der Waals surface area contributed by atoms with E-state index in [1.807, 2.05) is 24.3 Å². The fraction of sp³-hybridized carbons (Fsp3) is 0.619. The van der Waals surface area contributed by atoms with Crippen molar-refractivity contribution in [2.75, 3.05) is 25.5 Å². The fourth-order valence-corrected chi connectivity index (χ4v) is 4.05. The Labute approximate surface area is 161 Å². The molecule has 1 aromatic rings. The highest BCUT2D eigenvalue weighted by molar-refractivity contribution is 5.89. The van der Waals surface area contributed by atoms with Crippen molar-refractivity contribution in [1.29, 1.82) is 0 Å². The van der Waals surface area contributed by atoms with Crippen LogP contribution in [0.15, 0.2) is 24.3 Å². The average Bonchev–Trinajstić information content (AvgIpc) is 2.70. The second-order valence-corrected chi connectivity index (χ2v) is 7.80. The predicted octanol–water partition coefficient (Wildman–Crippen LogP) is 3.63.